The van der Waals surface area contributed by atoms with Gasteiger partial charge in [-0.25, -0.2) is 24.2 Å². The van der Waals surface area contributed by atoms with Crippen molar-refractivity contribution >= 4 is 24.0 Å². The van der Waals surface area contributed by atoms with Crippen molar-refractivity contribution in [3.63, 3.8) is 0 Å². The highest BCUT2D eigenvalue weighted by Gasteiger charge is 2.69. The minimum absolute atomic E-state index is 0.226. The number of amides is 3. The fraction of sp³-hybridized carbons (Fsp3) is 0.667. The molecule has 1 aliphatic carbocycles. The summed E-state index contributed by atoms with van der Waals surface area (Å²) < 4.78 is 5.00. The monoisotopic (exact) mass is 314 g/mol. The first kappa shape index (κ1) is 16.0. The maximum atomic E-state index is 11.5. The third-order valence-electron chi connectivity index (χ3n) is 3.14. The van der Waals surface area contributed by atoms with E-state index < -0.39 is 29.4 Å². The summed E-state index contributed by atoms with van der Waals surface area (Å²) in [6, 6.07) is 0. The molecular weight excluding hydrogens is 296 g/mol. The summed E-state index contributed by atoms with van der Waals surface area (Å²) in [5.74, 6) is -0.226. The lowest BCUT2D eigenvalue weighted by Gasteiger charge is -2.18. The molecule has 0 aromatic rings. The van der Waals surface area contributed by atoms with Gasteiger partial charge in [0.05, 0.1) is 11.6 Å². The first-order valence-electron chi connectivity index (χ1n) is 6.63. The van der Waals surface area contributed by atoms with Gasteiger partial charge in [-0.05, 0) is 20.8 Å². The molecule has 2 fully saturated rings. The molecule has 3 amide bonds. The first-order valence-corrected chi connectivity index (χ1v) is 6.63. The van der Waals surface area contributed by atoms with Crippen molar-refractivity contribution < 1.29 is 28.9 Å². The molecule has 4 N–H and O–H groups in total. The highest BCUT2D eigenvalue weighted by atomic mass is 17.2. The Morgan fingerprint density at radius 1 is 1.36 bits per heavy atom. The molecular formula is C12H18N4O6. The number of hydrogen-bond donors (Lipinski definition) is 3. The van der Waals surface area contributed by atoms with Crippen LogP contribution in [0, 0.1) is 5.92 Å². The SMILES string of the molecule is CC(C)(C)NC(=O)OOC(=O)/N=C1\C2CNCC12OC(N)=O. The first-order chi connectivity index (χ1) is 10.1. The van der Waals surface area contributed by atoms with Gasteiger partial charge in [-0.1, -0.05) is 0 Å². The van der Waals surface area contributed by atoms with Crippen LogP contribution < -0.4 is 16.4 Å². The van der Waals surface area contributed by atoms with Gasteiger partial charge < -0.3 is 21.1 Å². The quantitative estimate of drug-likeness (QED) is 0.459. The Balaban J connectivity index is 1.87. The van der Waals surface area contributed by atoms with Crippen molar-refractivity contribution in [2.75, 3.05) is 13.1 Å². The van der Waals surface area contributed by atoms with Crippen LogP contribution >= 0.6 is 0 Å². The van der Waals surface area contributed by atoms with Crippen molar-refractivity contribution in [2.24, 2.45) is 16.6 Å². The minimum Gasteiger partial charge on any atom is -0.435 e. The van der Waals surface area contributed by atoms with Gasteiger partial charge in [0.15, 0.2) is 5.60 Å². The number of fused-ring (bicyclic) bond motifs is 1. The zero-order chi connectivity index (χ0) is 16.5. The number of nitrogens with two attached hydrogens (primary N) is 1. The zero-order valence-electron chi connectivity index (χ0n) is 12.5. The Kier molecular flexibility index (Phi) is 3.96. The predicted molar refractivity (Wildman–Crippen MR) is 73.0 cm³/mol. The fourth-order valence-electron chi connectivity index (χ4n) is 2.31. The fourth-order valence-corrected chi connectivity index (χ4v) is 2.31. The molecule has 0 aromatic carbocycles. The lowest BCUT2D eigenvalue weighted by Crippen LogP contribution is -2.41. The van der Waals surface area contributed by atoms with Gasteiger partial charge in [0, 0.05) is 18.6 Å². The number of rotatable bonds is 1. The highest BCUT2D eigenvalue weighted by molar-refractivity contribution is 6.16. The van der Waals surface area contributed by atoms with Gasteiger partial charge in [0.25, 0.3) is 0 Å². The summed E-state index contributed by atoms with van der Waals surface area (Å²) in [4.78, 5) is 45.9. The molecule has 1 saturated carbocycles. The van der Waals surface area contributed by atoms with Gasteiger partial charge in [-0.15, -0.1) is 0 Å². The summed E-state index contributed by atoms with van der Waals surface area (Å²) >= 11 is 0. The van der Waals surface area contributed by atoms with E-state index in [2.05, 4.69) is 25.4 Å². The van der Waals surface area contributed by atoms with Crippen molar-refractivity contribution in [1.82, 2.24) is 10.6 Å². The topological polar surface area (TPSA) is 141 Å². The molecule has 1 saturated heterocycles. The Labute approximate surface area is 126 Å². The number of ether oxygens (including phenoxy) is 1. The van der Waals surface area contributed by atoms with E-state index in [9.17, 15) is 14.4 Å². The summed E-state index contributed by atoms with van der Waals surface area (Å²) in [6.45, 7) is 6.03. The van der Waals surface area contributed by atoms with E-state index in [4.69, 9.17) is 10.5 Å². The summed E-state index contributed by atoms with van der Waals surface area (Å²) in [7, 11) is 0. The number of carbonyl (C=O) groups excluding carboxylic acids is 3. The van der Waals surface area contributed by atoms with Gasteiger partial charge in [-0.2, -0.15) is 4.99 Å². The third-order valence-corrected chi connectivity index (χ3v) is 3.14. The molecule has 0 radical (unpaired) electrons. The predicted octanol–water partition coefficient (Wildman–Crippen LogP) is 0.0708. The van der Waals surface area contributed by atoms with E-state index in [1.165, 1.54) is 0 Å². The molecule has 2 aliphatic rings. The molecule has 0 bridgehead atoms. The number of nitrogens with zero attached hydrogens (tertiary/aromatic N) is 1. The molecule has 2 unspecified atom stereocenters. The maximum Gasteiger partial charge on any atom is 0.476 e. The van der Waals surface area contributed by atoms with Crippen LogP contribution in [0.5, 0.6) is 0 Å². The second-order valence-corrected chi connectivity index (χ2v) is 6.09. The second-order valence-electron chi connectivity index (χ2n) is 6.09. The highest BCUT2D eigenvalue weighted by Crippen LogP contribution is 2.46. The second kappa shape index (κ2) is 5.44. The summed E-state index contributed by atoms with van der Waals surface area (Å²) in [5, 5.41) is 5.42. The Bertz CT molecular complexity index is 540. The molecule has 10 nitrogen and oxygen atoms in total. The minimum atomic E-state index is -1.11. The Morgan fingerprint density at radius 3 is 2.64 bits per heavy atom. The lowest BCUT2D eigenvalue weighted by atomic mass is 10.1. The molecule has 1 heterocycles. The third kappa shape index (κ3) is 3.45. The van der Waals surface area contributed by atoms with Crippen LogP contribution in [0.15, 0.2) is 4.99 Å². The maximum absolute atomic E-state index is 11.5. The normalized spacial score (nSPS) is 27.8. The summed E-state index contributed by atoms with van der Waals surface area (Å²) in [5.41, 5.74) is 3.82. The molecule has 0 spiro atoms. The Hall–Kier alpha value is -2.36. The molecule has 1 aliphatic heterocycles. The van der Waals surface area contributed by atoms with Crippen molar-refractivity contribution in [2.45, 2.75) is 31.9 Å². The largest absolute Gasteiger partial charge is 0.476 e. The number of aliphatic imine (C=N–C) groups is 1. The van der Waals surface area contributed by atoms with E-state index in [0.29, 0.717) is 18.8 Å². The molecule has 122 valence electrons. The van der Waals surface area contributed by atoms with Gasteiger partial charge in [0.1, 0.15) is 0 Å². The van der Waals surface area contributed by atoms with Crippen LogP contribution in [0.25, 0.3) is 0 Å². The van der Waals surface area contributed by atoms with Crippen LogP contribution in [0.2, 0.25) is 0 Å². The standard InChI is InChI=1S/C12H18N4O6/c1-11(2,3)16-10(19)22-21-9(18)15-7-6-4-14-5-12(6,7)20-8(13)17/h6,14H,4-5H2,1-3H3,(H2,13,17)(H,16,19)/b15-7+. The van der Waals surface area contributed by atoms with E-state index in [0.717, 1.165) is 0 Å². The Morgan fingerprint density at radius 2 is 2.05 bits per heavy atom. The average molecular weight is 314 g/mol. The lowest BCUT2D eigenvalue weighted by molar-refractivity contribution is -0.176. The van der Waals surface area contributed by atoms with Crippen molar-refractivity contribution in [3.05, 3.63) is 0 Å². The number of piperidine rings is 1. The average Bonchev–Trinajstić information content (AvgIpc) is 2.74. The van der Waals surface area contributed by atoms with Crippen molar-refractivity contribution in [3.8, 4) is 0 Å². The smallest absolute Gasteiger partial charge is 0.435 e. The van der Waals surface area contributed by atoms with Crippen molar-refractivity contribution in [1.29, 1.82) is 0 Å². The van der Waals surface area contributed by atoms with Crippen LogP contribution in [-0.2, 0) is 14.5 Å². The van der Waals surface area contributed by atoms with Gasteiger partial charge in [-0.3, -0.25) is 0 Å². The molecule has 0 aromatic heterocycles. The molecule has 2 atom stereocenters. The van der Waals surface area contributed by atoms with Crippen LogP contribution in [0.1, 0.15) is 20.8 Å². The van der Waals surface area contributed by atoms with Gasteiger partial charge in [0.2, 0.25) is 0 Å². The van der Waals surface area contributed by atoms with Crippen LogP contribution in [0.4, 0.5) is 14.4 Å². The van der Waals surface area contributed by atoms with E-state index in [1.54, 1.807) is 20.8 Å². The molecule has 10 heteroatoms. The number of hydrogen-bond acceptors (Lipinski definition) is 7. The van der Waals surface area contributed by atoms with E-state index in [1.807, 2.05) is 0 Å². The zero-order valence-corrected chi connectivity index (χ0v) is 12.5. The van der Waals surface area contributed by atoms with E-state index in [-0.39, 0.29) is 5.92 Å². The summed E-state index contributed by atoms with van der Waals surface area (Å²) in [6.07, 6.45) is -2.98. The van der Waals surface area contributed by atoms with Crippen LogP contribution in [0.3, 0.4) is 0 Å². The number of carbonyl (C=O) groups is 3. The van der Waals surface area contributed by atoms with Crippen LogP contribution in [-0.4, -0.2) is 48.2 Å². The number of primary amides is 1. The van der Waals surface area contributed by atoms with Gasteiger partial charge >= 0.3 is 18.3 Å². The van der Waals surface area contributed by atoms with E-state index >= 15 is 0 Å². The number of nitrogens with one attached hydrogen (secondary N) is 2. The molecule has 22 heavy (non-hydrogen) atoms. The molecule has 2 rings (SSSR count).